The Morgan fingerprint density at radius 3 is 0.927 bits per heavy atom. The standard InChI is InChI=1S/C76H147NO5/c1-3-5-7-9-11-13-15-17-18-19-20-21-29-32-35-38-41-45-48-52-56-60-64-68-74(79)73(72-78)77-75(80)69-65-61-57-53-49-46-42-39-36-33-30-27-25-23-22-24-26-28-31-34-37-40-43-47-51-55-59-63-67-71-82-76(81)70-66-62-58-54-50-44-16-14-12-10-8-6-4-2/h22,24,28,31,73-74,78-79H,3-21,23,25-27,29-30,32-72H2,1-2H3,(H,77,80)/b24-22-,31-28-. The highest BCUT2D eigenvalue weighted by Crippen LogP contribution is 2.19. The number of amides is 1. The maximum atomic E-state index is 12.6. The number of esters is 1. The molecule has 2 unspecified atom stereocenters. The minimum Gasteiger partial charge on any atom is -0.466 e. The van der Waals surface area contributed by atoms with Gasteiger partial charge in [-0.3, -0.25) is 9.59 Å². The van der Waals surface area contributed by atoms with Crippen LogP contribution in [-0.4, -0.2) is 47.4 Å². The van der Waals surface area contributed by atoms with E-state index in [9.17, 15) is 19.8 Å². The Labute approximate surface area is 513 Å². The van der Waals surface area contributed by atoms with Crippen molar-refractivity contribution in [2.24, 2.45) is 0 Å². The van der Waals surface area contributed by atoms with Crippen LogP contribution in [0.15, 0.2) is 24.3 Å². The molecular weight excluding hydrogens is 1010 g/mol. The summed E-state index contributed by atoms with van der Waals surface area (Å²) in [4.78, 5) is 24.6. The topological polar surface area (TPSA) is 95.9 Å². The predicted octanol–water partition coefficient (Wildman–Crippen LogP) is 24.5. The fourth-order valence-corrected chi connectivity index (χ4v) is 12.0. The molecule has 3 N–H and O–H groups in total. The summed E-state index contributed by atoms with van der Waals surface area (Å²) in [6, 6.07) is -0.543. The molecule has 486 valence electrons. The molecule has 0 aromatic rings. The Hall–Kier alpha value is -1.66. The average molecular weight is 1160 g/mol. The van der Waals surface area contributed by atoms with Crippen molar-refractivity contribution in [1.82, 2.24) is 5.32 Å². The number of rotatable bonds is 71. The monoisotopic (exact) mass is 1150 g/mol. The van der Waals surface area contributed by atoms with E-state index < -0.39 is 12.1 Å². The minimum absolute atomic E-state index is 0.0145. The van der Waals surface area contributed by atoms with E-state index in [1.807, 2.05) is 0 Å². The number of unbranched alkanes of at least 4 members (excludes halogenated alkanes) is 56. The summed E-state index contributed by atoms with van der Waals surface area (Å²) in [5, 5.41) is 23.5. The fourth-order valence-electron chi connectivity index (χ4n) is 12.0. The van der Waals surface area contributed by atoms with Gasteiger partial charge in [-0.05, 0) is 57.8 Å². The normalized spacial score (nSPS) is 12.6. The van der Waals surface area contributed by atoms with Crippen molar-refractivity contribution >= 4 is 11.9 Å². The van der Waals surface area contributed by atoms with Crippen LogP contribution in [0.5, 0.6) is 0 Å². The van der Waals surface area contributed by atoms with Crippen LogP contribution >= 0.6 is 0 Å². The zero-order valence-electron chi connectivity index (χ0n) is 55.8. The van der Waals surface area contributed by atoms with Gasteiger partial charge in [0.2, 0.25) is 5.91 Å². The second kappa shape index (κ2) is 71.8. The Morgan fingerprint density at radius 1 is 0.341 bits per heavy atom. The molecule has 0 heterocycles. The zero-order chi connectivity index (χ0) is 59.2. The molecule has 0 aromatic heterocycles. The first-order valence-electron chi connectivity index (χ1n) is 37.6. The predicted molar refractivity (Wildman–Crippen MR) is 361 cm³/mol. The highest BCUT2D eigenvalue weighted by atomic mass is 16.5. The molecule has 6 nitrogen and oxygen atoms in total. The molecule has 0 spiro atoms. The zero-order valence-corrected chi connectivity index (χ0v) is 55.8. The van der Waals surface area contributed by atoms with Crippen LogP contribution < -0.4 is 5.32 Å². The third-order valence-electron chi connectivity index (χ3n) is 17.8. The number of nitrogens with one attached hydrogen (secondary N) is 1. The molecule has 0 rings (SSSR count). The van der Waals surface area contributed by atoms with E-state index in [0.29, 0.717) is 25.9 Å². The van der Waals surface area contributed by atoms with Gasteiger partial charge >= 0.3 is 5.97 Å². The molecule has 1 amide bonds. The molecule has 0 fully saturated rings. The van der Waals surface area contributed by atoms with Crippen LogP contribution in [-0.2, 0) is 14.3 Å². The van der Waals surface area contributed by atoms with Crippen LogP contribution in [0.2, 0.25) is 0 Å². The average Bonchev–Trinajstić information content (AvgIpc) is 3.48. The van der Waals surface area contributed by atoms with E-state index in [-0.39, 0.29) is 18.5 Å². The number of carbonyl (C=O) groups excluding carboxylic acids is 2. The van der Waals surface area contributed by atoms with Crippen molar-refractivity contribution in [1.29, 1.82) is 0 Å². The number of hydrogen-bond donors (Lipinski definition) is 3. The minimum atomic E-state index is -0.666. The summed E-state index contributed by atoms with van der Waals surface area (Å²) in [5.74, 6) is -0.0163. The van der Waals surface area contributed by atoms with Crippen molar-refractivity contribution in [3.8, 4) is 0 Å². The van der Waals surface area contributed by atoms with Crippen LogP contribution in [0.3, 0.4) is 0 Å². The van der Waals surface area contributed by atoms with Gasteiger partial charge in [0.05, 0.1) is 25.4 Å². The summed E-state index contributed by atoms with van der Waals surface area (Å²) < 4.78 is 5.49. The van der Waals surface area contributed by atoms with Gasteiger partial charge in [0.15, 0.2) is 0 Å². The third-order valence-corrected chi connectivity index (χ3v) is 17.8. The second-order valence-corrected chi connectivity index (χ2v) is 26.0. The number of allylic oxidation sites excluding steroid dienone is 4. The van der Waals surface area contributed by atoms with Gasteiger partial charge in [0.1, 0.15) is 0 Å². The number of aliphatic hydroxyl groups is 2. The van der Waals surface area contributed by atoms with Crippen molar-refractivity contribution < 1.29 is 24.5 Å². The van der Waals surface area contributed by atoms with Gasteiger partial charge in [0.25, 0.3) is 0 Å². The molecule has 0 aliphatic carbocycles. The van der Waals surface area contributed by atoms with Crippen molar-refractivity contribution in [2.45, 2.75) is 437 Å². The van der Waals surface area contributed by atoms with Crippen molar-refractivity contribution in [2.75, 3.05) is 13.2 Å². The second-order valence-electron chi connectivity index (χ2n) is 26.0. The largest absolute Gasteiger partial charge is 0.466 e. The Morgan fingerprint density at radius 2 is 0.610 bits per heavy atom. The first-order chi connectivity index (χ1) is 40.5. The summed E-state index contributed by atoms with van der Waals surface area (Å²) in [6.07, 6.45) is 91.0. The van der Waals surface area contributed by atoms with Gasteiger partial charge in [0, 0.05) is 12.8 Å². The van der Waals surface area contributed by atoms with Crippen molar-refractivity contribution in [3.63, 3.8) is 0 Å². The van der Waals surface area contributed by atoms with Gasteiger partial charge in [-0.2, -0.15) is 0 Å². The van der Waals surface area contributed by atoms with Crippen LogP contribution in [0.1, 0.15) is 425 Å². The third kappa shape index (κ3) is 67.5. The highest BCUT2D eigenvalue weighted by Gasteiger charge is 2.20. The number of carbonyl (C=O) groups is 2. The van der Waals surface area contributed by atoms with Gasteiger partial charge in [-0.15, -0.1) is 0 Å². The Kier molecular flexibility index (Phi) is 70.4. The summed E-state index contributed by atoms with van der Waals surface area (Å²) in [6.45, 7) is 5.00. The molecule has 0 bridgehead atoms. The van der Waals surface area contributed by atoms with E-state index in [4.69, 9.17) is 4.74 Å². The van der Waals surface area contributed by atoms with E-state index in [0.717, 1.165) is 44.9 Å². The lowest BCUT2D eigenvalue weighted by atomic mass is 10.0. The van der Waals surface area contributed by atoms with Crippen LogP contribution in [0.25, 0.3) is 0 Å². The molecule has 0 aromatic carbocycles. The van der Waals surface area contributed by atoms with E-state index in [1.54, 1.807) is 0 Å². The summed E-state index contributed by atoms with van der Waals surface area (Å²) in [7, 11) is 0. The number of aliphatic hydroxyl groups excluding tert-OH is 2. The van der Waals surface area contributed by atoms with Crippen LogP contribution in [0, 0.1) is 0 Å². The molecular formula is C76H147NO5. The number of ether oxygens (including phenoxy) is 1. The fraction of sp³-hybridized carbons (Fsp3) is 0.921. The first kappa shape index (κ1) is 80.3. The lowest BCUT2D eigenvalue weighted by molar-refractivity contribution is -0.143. The molecule has 0 saturated heterocycles. The number of hydrogen-bond acceptors (Lipinski definition) is 5. The highest BCUT2D eigenvalue weighted by molar-refractivity contribution is 5.76. The first-order valence-corrected chi connectivity index (χ1v) is 37.6. The lowest BCUT2D eigenvalue weighted by Crippen LogP contribution is -2.45. The van der Waals surface area contributed by atoms with E-state index in [2.05, 4.69) is 43.5 Å². The van der Waals surface area contributed by atoms with Crippen molar-refractivity contribution in [3.05, 3.63) is 24.3 Å². The maximum Gasteiger partial charge on any atom is 0.305 e. The Bertz CT molecular complexity index is 1280. The maximum absolute atomic E-state index is 12.6. The Balaban J connectivity index is 3.40. The molecule has 0 saturated carbocycles. The van der Waals surface area contributed by atoms with E-state index in [1.165, 1.54) is 347 Å². The van der Waals surface area contributed by atoms with Gasteiger partial charge in [-0.25, -0.2) is 0 Å². The van der Waals surface area contributed by atoms with Gasteiger partial charge < -0.3 is 20.3 Å². The molecule has 0 aliphatic rings. The SMILES string of the molecule is CCCCCCCCCCCCCCCCCCCCCCCCCC(O)C(CO)NC(=O)CCCCCCCCCCCCCCC/C=C\C/C=C\CCCCCCCCCCCOC(=O)CCCCCCCCCCCCCCC. The van der Waals surface area contributed by atoms with Gasteiger partial charge in [-0.1, -0.05) is 378 Å². The molecule has 82 heavy (non-hydrogen) atoms. The quantitative estimate of drug-likeness (QED) is 0.0320. The smallest absolute Gasteiger partial charge is 0.305 e. The molecule has 2 atom stereocenters. The van der Waals surface area contributed by atoms with E-state index >= 15 is 0 Å². The molecule has 0 radical (unpaired) electrons. The molecule has 0 aliphatic heterocycles. The summed E-state index contributed by atoms with van der Waals surface area (Å²) >= 11 is 0. The molecule has 6 heteroatoms. The lowest BCUT2D eigenvalue weighted by Gasteiger charge is -2.22. The van der Waals surface area contributed by atoms with Crippen LogP contribution in [0.4, 0.5) is 0 Å². The summed E-state index contributed by atoms with van der Waals surface area (Å²) in [5.41, 5.74) is 0.